The van der Waals surface area contributed by atoms with Crippen molar-refractivity contribution in [1.82, 2.24) is 9.96 Å². The van der Waals surface area contributed by atoms with E-state index in [1.165, 1.54) is 0 Å². The van der Waals surface area contributed by atoms with Crippen molar-refractivity contribution in [3.05, 3.63) is 0 Å². The van der Waals surface area contributed by atoms with Gasteiger partial charge in [0.2, 0.25) is 5.91 Å². The van der Waals surface area contributed by atoms with E-state index in [4.69, 9.17) is 4.84 Å². The minimum absolute atomic E-state index is 0.540. The van der Waals surface area contributed by atoms with Crippen LogP contribution in [0.2, 0.25) is 0 Å². The molecule has 0 spiro atoms. The van der Waals surface area contributed by atoms with Gasteiger partial charge in [0.1, 0.15) is 12.0 Å². The molecule has 8 heteroatoms. The molecular formula is C8H9F3N2O3. The molecule has 0 aromatic rings. The van der Waals surface area contributed by atoms with Gasteiger partial charge in [-0.2, -0.15) is 18.2 Å². The highest BCUT2D eigenvalue weighted by molar-refractivity contribution is 6.07. The maximum absolute atomic E-state index is 12.7. The highest BCUT2D eigenvalue weighted by Crippen LogP contribution is 2.41. The number of rotatable bonds is 0. The predicted molar refractivity (Wildman–Crippen MR) is 43.7 cm³/mol. The van der Waals surface area contributed by atoms with E-state index in [0.717, 1.165) is 14.1 Å². The van der Waals surface area contributed by atoms with Crippen LogP contribution in [0.25, 0.3) is 0 Å². The number of hydroxylamine groups is 2. The van der Waals surface area contributed by atoms with Crippen LogP contribution in [-0.2, 0) is 14.4 Å². The van der Waals surface area contributed by atoms with Crippen LogP contribution >= 0.6 is 0 Å². The Kier molecular flexibility index (Phi) is 2.25. The smallest absolute Gasteiger partial charge is 0.284 e. The van der Waals surface area contributed by atoms with Gasteiger partial charge < -0.3 is 0 Å². The van der Waals surface area contributed by atoms with Gasteiger partial charge >= 0.3 is 6.18 Å². The van der Waals surface area contributed by atoms with Crippen molar-refractivity contribution in [2.75, 3.05) is 14.1 Å². The van der Waals surface area contributed by atoms with Crippen LogP contribution in [0.4, 0.5) is 13.2 Å². The van der Waals surface area contributed by atoms with Gasteiger partial charge in [-0.05, 0) is 0 Å². The third kappa shape index (κ3) is 1.33. The summed E-state index contributed by atoms with van der Waals surface area (Å²) >= 11 is 0. The Labute approximate surface area is 88.7 Å². The molecule has 90 valence electrons. The van der Waals surface area contributed by atoms with Gasteiger partial charge in [0.05, 0.1) is 0 Å². The first kappa shape index (κ1) is 11.3. The molecule has 2 amide bonds. The van der Waals surface area contributed by atoms with E-state index < -0.39 is 36.1 Å². The van der Waals surface area contributed by atoms with E-state index >= 15 is 0 Å². The Morgan fingerprint density at radius 2 is 1.75 bits per heavy atom. The number of carbonyl (C=O) groups is 2. The van der Waals surface area contributed by atoms with Crippen molar-refractivity contribution >= 4 is 11.8 Å². The lowest BCUT2D eigenvalue weighted by Crippen LogP contribution is -2.46. The zero-order valence-electron chi connectivity index (χ0n) is 8.49. The topological polar surface area (TPSA) is 49.9 Å². The van der Waals surface area contributed by atoms with Crippen LogP contribution in [0.3, 0.4) is 0 Å². The van der Waals surface area contributed by atoms with Crippen LogP contribution < -0.4 is 0 Å². The molecule has 2 aliphatic heterocycles. The Morgan fingerprint density at radius 1 is 1.19 bits per heavy atom. The lowest BCUT2D eigenvalue weighted by Gasteiger charge is -2.24. The monoisotopic (exact) mass is 238 g/mol. The third-order valence-electron chi connectivity index (χ3n) is 2.86. The number of amides is 2. The molecule has 0 unspecified atom stereocenters. The fourth-order valence-electron chi connectivity index (χ4n) is 2.10. The molecule has 0 aromatic carbocycles. The Bertz CT molecular complexity index is 357. The van der Waals surface area contributed by atoms with Crippen LogP contribution in [0.15, 0.2) is 0 Å². The van der Waals surface area contributed by atoms with E-state index in [-0.39, 0.29) is 0 Å². The number of likely N-dealkylation sites (N-methyl/N-ethyl adjacent to an activating group) is 1. The summed E-state index contributed by atoms with van der Waals surface area (Å²) < 4.78 is 38.0. The Hall–Kier alpha value is -1.15. The van der Waals surface area contributed by atoms with E-state index in [1.807, 2.05) is 0 Å². The maximum atomic E-state index is 12.7. The second-order valence-corrected chi connectivity index (χ2v) is 3.82. The average Bonchev–Trinajstić information content (AvgIpc) is 2.58. The van der Waals surface area contributed by atoms with Gasteiger partial charge in [-0.25, -0.2) is 0 Å². The van der Waals surface area contributed by atoms with Gasteiger partial charge in [-0.3, -0.25) is 19.3 Å². The zero-order valence-corrected chi connectivity index (χ0v) is 8.49. The summed E-state index contributed by atoms with van der Waals surface area (Å²) in [5.41, 5.74) is 0. The zero-order chi connectivity index (χ0) is 12.2. The van der Waals surface area contributed by atoms with Gasteiger partial charge in [0.25, 0.3) is 5.91 Å². The van der Waals surface area contributed by atoms with E-state index in [1.54, 1.807) is 0 Å². The van der Waals surface area contributed by atoms with Crippen molar-refractivity contribution in [3.63, 3.8) is 0 Å². The number of halogens is 3. The minimum atomic E-state index is -4.60. The molecule has 3 atom stereocenters. The quantitative estimate of drug-likeness (QED) is 0.547. The highest BCUT2D eigenvalue weighted by Gasteiger charge is 2.65. The number of alkyl halides is 3. The summed E-state index contributed by atoms with van der Waals surface area (Å²) in [6.07, 6.45) is -5.94. The minimum Gasteiger partial charge on any atom is -0.284 e. The molecule has 0 N–H and O–H groups in total. The first-order valence-corrected chi connectivity index (χ1v) is 4.53. The summed E-state index contributed by atoms with van der Waals surface area (Å²) in [6.45, 7) is 0. The van der Waals surface area contributed by atoms with Crippen molar-refractivity contribution in [2.24, 2.45) is 5.92 Å². The molecule has 2 saturated heterocycles. The van der Waals surface area contributed by atoms with Gasteiger partial charge in [0.15, 0.2) is 6.10 Å². The van der Waals surface area contributed by atoms with Crippen molar-refractivity contribution in [2.45, 2.75) is 18.3 Å². The second kappa shape index (κ2) is 3.17. The van der Waals surface area contributed by atoms with Gasteiger partial charge in [-0.1, -0.05) is 0 Å². The fraction of sp³-hybridized carbons (Fsp3) is 0.750. The number of fused-ring (bicyclic) bond motifs is 1. The lowest BCUT2D eigenvalue weighted by atomic mass is 9.96. The Balaban J connectivity index is 2.37. The average molecular weight is 238 g/mol. The fourth-order valence-corrected chi connectivity index (χ4v) is 2.10. The molecule has 0 radical (unpaired) electrons. The number of hydrogen-bond acceptors (Lipinski definition) is 4. The molecule has 2 fully saturated rings. The second-order valence-electron chi connectivity index (χ2n) is 3.82. The SMILES string of the molecule is CN1C(=O)[C@H]2[C@@H](C(F)(F)F)N(C)O[C@H]2C1=O. The molecule has 0 aliphatic carbocycles. The molecular weight excluding hydrogens is 229 g/mol. The number of nitrogens with zero attached hydrogens (tertiary/aromatic N) is 2. The van der Waals surface area contributed by atoms with Crippen LogP contribution in [0.1, 0.15) is 0 Å². The summed E-state index contributed by atoms with van der Waals surface area (Å²) in [6, 6.07) is -2.06. The normalized spacial score (nSPS) is 36.1. The van der Waals surface area contributed by atoms with E-state index in [9.17, 15) is 22.8 Å². The molecule has 5 nitrogen and oxygen atoms in total. The van der Waals surface area contributed by atoms with Crippen LogP contribution in [0.5, 0.6) is 0 Å². The summed E-state index contributed by atoms with van der Waals surface area (Å²) in [7, 11) is 2.22. The first-order chi connectivity index (χ1) is 7.25. The van der Waals surface area contributed by atoms with Crippen molar-refractivity contribution in [3.8, 4) is 0 Å². The lowest BCUT2D eigenvalue weighted by molar-refractivity contribution is -0.236. The molecule has 2 rings (SSSR count). The van der Waals surface area contributed by atoms with Gasteiger partial charge in [-0.15, -0.1) is 0 Å². The third-order valence-corrected chi connectivity index (χ3v) is 2.86. The Morgan fingerprint density at radius 3 is 2.25 bits per heavy atom. The van der Waals surface area contributed by atoms with Gasteiger partial charge in [0, 0.05) is 14.1 Å². The first-order valence-electron chi connectivity index (χ1n) is 4.53. The van der Waals surface area contributed by atoms with Crippen molar-refractivity contribution < 1.29 is 27.6 Å². The van der Waals surface area contributed by atoms with E-state index in [2.05, 4.69) is 0 Å². The van der Waals surface area contributed by atoms with Crippen LogP contribution in [-0.4, -0.2) is 54.2 Å². The summed E-state index contributed by atoms with van der Waals surface area (Å²) in [5, 5.41) is 0.540. The molecule has 0 aromatic heterocycles. The largest absolute Gasteiger partial charge is 0.407 e. The van der Waals surface area contributed by atoms with Crippen molar-refractivity contribution in [1.29, 1.82) is 0 Å². The highest BCUT2D eigenvalue weighted by atomic mass is 19.4. The molecule has 0 bridgehead atoms. The molecule has 2 aliphatic rings. The van der Waals surface area contributed by atoms with E-state index in [0.29, 0.717) is 9.96 Å². The number of likely N-dealkylation sites (tertiary alicyclic amines) is 1. The standard InChI is InChI=1S/C8H9F3N2O3/c1-12-6(14)3-4(7(12)15)16-13(2)5(3)8(9,10)11/h3-5H,1-2H3/t3-,4-,5+/m1/s1. The maximum Gasteiger partial charge on any atom is 0.407 e. The molecule has 16 heavy (non-hydrogen) atoms. The molecule has 2 heterocycles. The number of hydrogen-bond donors (Lipinski definition) is 0. The number of imide groups is 1. The summed E-state index contributed by atoms with van der Waals surface area (Å²) in [4.78, 5) is 28.4. The van der Waals surface area contributed by atoms with Crippen LogP contribution in [0, 0.1) is 5.92 Å². The summed E-state index contributed by atoms with van der Waals surface area (Å²) in [5.74, 6) is -3.06. The molecule has 0 saturated carbocycles. The number of carbonyl (C=O) groups excluding carboxylic acids is 2. The predicted octanol–water partition coefficient (Wildman–Crippen LogP) is -0.222.